The van der Waals surface area contributed by atoms with Crippen LogP contribution in [0.1, 0.15) is 25.0 Å². The van der Waals surface area contributed by atoms with Crippen molar-refractivity contribution < 1.29 is 0 Å². The molecular weight excluding hydrogens is 659 g/mol. The second kappa shape index (κ2) is 12.6. The van der Waals surface area contributed by atoms with Gasteiger partial charge >= 0.3 is 0 Å². The smallest absolute Gasteiger partial charge is 0.160 e. The molecule has 0 saturated carbocycles. The van der Waals surface area contributed by atoms with Crippen molar-refractivity contribution in [3.05, 3.63) is 187 Å². The topological polar surface area (TPSA) is 56.5 Å². The van der Waals surface area contributed by atoms with Crippen LogP contribution in [0.5, 0.6) is 0 Å². The lowest BCUT2D eigenvalue weighted by Gasteiger charge is -2.22. The van der Waals surface area contributed by atoms with Gasteiger partial charge in [-0.15, -0.1) is 0 Å². The van der Waals surface area contributed by atoms with Crippen LogP contribution in [0, 0.1) is 0 Å². The Labute approximate surface area is 314 Å². The fraction of sp³-hybridized carbons (Fsp3) is 0.0612. The first-order valence-electron chi connectivity index (χ1n) is 18.3. The molecule has 3 aromatic heterocycles. The zero-order valence-electron chi connectivity index (χ0n) is 30.0. The van der Waals surface area contributed by atoms with Crippen LogP contribution < -0.4 is 0 Å². The second-order valence-corrected chi connectivity index (χ2v) is 14.4. The van der Waals surface area contributed by atoms with E-state index in [0.29, 0.717) is 0 Å². The van der Waals surface area contributed by atoms with Gasteiger partial charge in [-0.05, 0) is 81.9 Å². The Bertz CT molecular complexity index is 2780. The van der Waals surface area contributed by atoms with Crippen LogP contribution in [0.3, 0.4) is 0 Å². The zero-order valence-corrected chi connectivity index (χ0v) is 30.0. The molecule has 10 rings (SSSR count). The molecule has 0 unspecified atom stereocenters. The number of benzene rings is 6. The normalized spacial score (nSPS) is 12.8. The molecule has 0 aliphatic heterocycles. The molecule has 0 radical (unpaired) electrons. The number of hydrogen-bond donors (Lipinski definition) is 0. The molecule has 0 spiro atoms. The highest BCUT2D eigenvalue weighted by Gasteiger charge is 2.36. The first-order valence-corrected chi connectivity index (χ1v) is 18.3. The highest BCUT2D eigenvalue weighted by Crippen LogP contribution is 2.51. The minimum Gasteiger partial charge on any atom is -0.291 e. The number of pyridine rings is 1. The molecule has 5 heteroatoms. The molecule has 6 aromatic carbocycles. The fourth-order valence-electron chi connectivity index (χ4n) is 7.95. The van der Waals surface area contributed by atoms with E-state index in [2.05, 4.69) is 151 Å². The molecule has 0 N–H and O–H groups in total. The molecular formula is C49H35N5. The minimum atomic E-state index is -0.222. The third-order valence-electron chi connectivity index (χ3n) is 10.7. The molecule has 3 heterocycles. The Hall–Kier alpha value is -6.98. The van der Waals surface area contributed by atoms with Crippen molar-refractivity contribution in [2.75, 3.05) is 0 Å². The van der Waals surface area contributed by atoms with Crippen LogP contribution in [0.2, 0.25) is 0 Å². The Morgan fingerprint density at radius 2 is 1.07 bits per heavy atom. The third-order valence-corrected chi connectivity index (χ3v) is 10.7. The molecule has 9 aromatic rings. The van der Waals surface area contributed by atoms with Gasteiger partial charge in [-0.3, -0.25) is 9.55 Å². The Morgan fingerprint density at radius 3 is 1.81 bits per heavy atom. The summed E-state index contributed by atoms with van der Waals surface area (Å²) in [5.41, 5.74) is 16.3. The molecule has 5 nitrogen and oxygen atoms in total. The summed E-state index contributed by atoms with van der Waals surface area (Å²) in [6.07, 6.45) is 3.69. The zero-order chi connectivity index (χ0) is 36.2. The Balaban J connectivity index is 1.04. The second-order valence-electron chi connectivity index (χ2n) is 14.4. The Kier molecular flexibility index (Phi) is 7.41. The van der Waals surface area contributed by atoms with Crippen LogP contribution in [0.4, 0.5) is 0 Å². The monoisotopic (exact) mass is 693 g/mol. The molecule has 1 aliphatic carbocycles. The number of rotatable bonds is 6. The number of aromatic nitrogens is 5. The average Bonchev–Trinajstić information content (AvgIpc) is 3.74. The molecule has 0 saturated heterocycles. The van der Waals surface area contributed by atoms with Gasteiger partial charge in [-0.25, -0.2) is 15.0 Å². The summed E-state index contributed by atoms with van der Waals surface area (Å²) in [6.45, 7) is 4.67. The number of fused-ring (bicyclic) bond motifs is 4. The number of hydrogen-bond acceptors (Lipinski definition) is 4. The van der Waals surface area contributed by atoms with E-state index in [9.17, 15) is 0 Å². The number of para-hydroxylation sites is 2. The van der Waals surface area contributed by atoms with Crippen molar-refractivity contribution in [1.29, 1.82) is 0 Å². The van der Waals surface area contributed by atoms with Gasteiger partial charge in [-0.1, -0.05) is 129 Å². The highest BCUT2D eigenvalue weighted by atomic mass is 15.1. The average molecular weight is 694 g/mol. The van der Waals surface area contributed by atoms with Crippen LogP contribution >= 0.6 is 0 Å². The molecule has 0 amide bonds. The van der Waals surface area contributed by atoms with E-state index in [1.807, 2.05) is 42.6 Å². The van der Waals surface area contributed by atoms with Gasteiger partial charge in [0.05, 0.1) is 34.3 Å². The van der Waals surface area contributed by atoms with Gasteiger partial charge < -0.3 is 0 Å². The van der Waals surface area contributed by atoms with E-state index >= 15 is 0 Å². The first kappa shape index (κ1) is 31.7. The van der Waals surface area contributed by atoms with Crippen LogP contribution in [-0.2, 0) is 5.41 Å². The van der Waals surface area contributed by atoms with Gasteiger partial charge in [0.2, 0.25) is 0 Å². The maximum atomic E-state index is 5.13. The van der Waals surface area contributed by atoms with Crippen LogP contribution in [0.15, 0.2) is 176 Å². The summed E-state index contributed by atoms with van der Waals surface area (Å²) in [5, 5.41) is 0. The third kappa shape index (κ3) is 5.32. The van der Waals surface area contributed by atoms with Crippen molar-refractivity contribution in [2.24, 2.45) is 0 Å². The minimum absolute atomic E-state index is 0.222. The van der Waals surface area contributed by atoms with E-state index in [1.54, 1.807) is 6.20 Å². The van der Waals surface area contributed by atoms with Crippen LogP contribution in [0.25, 0.3) is 84.3 Å². The summed E-state index contributed by atoms with van der Waals surface area (Å²) >= 11 is 0. The number of imidazole rings is 1. The lowest BCUT2D eigenvalue weighted by molar-refractivity contribution is 0.661. The predicted molar refractivity (Wildman–Crippen MR) is 219 cm³/mol. The van der Waals surface area contributed by atoms with E-state index in [1.165, 1.54) is 27.8 Å². The van der Waals surface area contributed by atoms with Crippen molar-refractivity contribution in [1.82, 2.24) is 24.5 Å². The van der Waals surface area contributed by atoms with Gasteiger partial charge in [0.25, 0.3) is 0 Å². The van der Waals surface area contributed by atoms with Crippen molar-refractivity contribution in [2.45, 2.75) is 19.3 Å². The maximum absolute atomic E-state index is 5.13. The molecule has 0 fully saturated rings. The van der Waals surface area contributed by atoms with Gasteiger partial charge in [0.1, 0.15) is 5.82 Å². The van der Waals surface area contributed by atoms with Crippen molar-refractivity contribution >= 4 is 11.0 Å². The summed E-state index contributed by atoms with van der Waals surface area (Å²) in [4.78, 5) is 19.7. The predicted octanol–water partition coefficient (Wildman–Crippen LogP) is 11.9. The SMILES string of the molecule is CC1(C)c2cc(-c3cccc(-c4nc5ccccc5n4-c4cccnc4)c3)ccc2-c2ccc(-c3cc(-c4ccccc4)nc(-c4ccccc4)n3)cc21. The molecule has 0 atom stereocenters. The maximum Gasteiger partial charge on any atom is 0.160 e. The van der Waals surface area contributed by atoms with E-state index < -0.39 is 0 Å². The van der Waals surface area contributed by atoms with Crippen molar-refractivity contribution in [3.8, 4) is 73.2 Å². The molecule has 54 heavy (non-hydrogen) atoms. The standard InChI is InChI=1S/C49H35N5/c1-49(2)41-28-35(34-17-11-18-37(27-34)48-53-43-20-9-10-21-46(43)54(48)38-19-12-26-50-31-38)22-24-39(41)40-25-23-36(29-42(40)49)45-30-44(32-13-5-3-6-14-32)51-47(52-45)33-15-7-4-8-16-33/h3-31H,1-2H3. The number of nitrogens with zero attached hydrogens (tertiary/aromatic N) is 5. The van der Waals surface area contributed by atoms with Gasteiger partial charge in [0, 0.05) is 33.9 Å². The summed E-state index contributed by atoms with van der Waals surface area (Å²) in [6, 6.07) is 57.5. The summed E-state index contributed by atoms with van der Waals surface area (Å²) in [5.74, 6) is 1.61. The van der Waals surface area contributed by atoms with Crippen molar-refractivity contribution in [3.63, 3.8) is 0 Å². The van der Waals surface area contributed by atoms with E-state index in [0.717, 1.165) is 67.6 Å². The van der Waals surface area contributed by atoms with Crippen LogP contribution in [-0.4, -0.2) is 24.5 Å². The van der Waals surface area contributed by atoms with E-state index in [-0.39, 0.29) is 5.41 Å². The lowest BCUT2D eigenvalue weighted by Crippen LogP contribution is -2.15. The molecule has 1 aliphatic rings. The fourth-order valence-corrected chi connectivity index (χ4v) is 7.95. The summed E-state index contributed by atoms with van der Waals surface area (Å²) < 4.78 is 2.20. The molecule has 256 valence electrons. The Morgan fingerprint density at radius 1 is 0.463 bits per heavy atom. The first-order chi connectivity index (χ1) is 26.5. The quantitative estimate of drug-likeness (QED) is 0.174. The summed E-state index contributed by atoms with van der Waals surface area (Å²) in [7, 11) is 0. The van der Waals surface area contributed by atoms with Gasteiger partial charge in [-0.2, -0.15) is 0 Å². The largest absolute Gasteiger partial charge is 0.291 e. The molecule has 0 bridgehead atoms. The van der Waals surface area contributed by atoms with Gasteiger partial charge in [0.15, 0.2) is 5.82 Å². The lowest BCUT2D eigenvalue weighted by atomic mass is 9.81. The highest BCUT2D eigenvalue weighted by molar-refractivity contribution is 5.87. The van der Waals surface area contributed by atoms with E-state index in [4.69, 9.17) is 15.0 Å².